The van der Waals surface area contributed by atoms with Crippen LogP contribution in [0.3, 0.4) is 0 Å². The third kappa shape index (κ3) is 2.29. The fourth-order valence-electron chi connectivity index (χ4n) is 2.25. The van der Waals surface area contributed by atoms with Crippen molar-refractivity contribution in [2.45, 2.75) is 0 Å². The number of benzene rings is 1. The Morgan fingerprint density at radius 3 is 2.77 bits per heavy atom. The summed E-state index contributed by atoms with van der Waals surface area (Å²) < 4.78 is 1.72. The van der Waals surface area contributed by atoms with Crippen molar-refractivity contribution >= 4 is 28.8 Å². The third-order valence-corrected chi connectivity index (χ3v) is 3.60. The van der Waals surface area contributed by atoms with E-state index in [1.165, 1.54) is 0 Å². The summed E-state index contributed by atoms with van der Waals surface area (Å²) in [5.41, 5.74) is 3.81. The number of anilines is 2. The molecule has 2 N–H and O–H groups in total. The molecule has 4 rings (SSSR count). The lowest BCUT2D eigenvalue weighted by atomic mass is 10.1. The number of hydrogen-bond acceptors (Lipinski definition) is 4. The molecule has 0 radical (unpaired) electrons. The Hall–Kier alpha value is -2.86. The molecule has 1 aromatic carbocycles. The number of H-pyrrole nitrogens is 1. The smallest absolute Gasteiger partial charge is 0.210 e. The van der Waals surface area contributed by atoms with Crippen molar-refractivity contribution in [2.75, 3.05) is 5.32 Å². The molecule has 0 fully saturated rings. The zero-order valence-corrected chi connectivity index (χ0v) is 12.1. The maximum atomic E-state index is 6.12. The summed E-state index contributed by atoms with van der Waals surface area (Å²) >= 11 is 6.12. The summed E-state index contributed by atoms with van der Waals surface area (Å²) in [7, 11) is 0. The highest BCUT2D eigenvalue weighted by Crippen LogP contribution is 2.23. The summed E-state index contributed by atoms with van der Waals surface area (Å²) in [5, 5.41) is 10.3. The minimum absolute atomic E-state index is 0.368. The second-order valence-corrected chi connectivity index (χ2v) is 5.09. The number of fused-ring (bicyclic) bond motifs is 1. The van der Waals surface area contributed by atoms with E-state index in [-0.39, 0.29) is 0 Å². The monoisotopic (exact) mass is 310 g/mol. The molecular weight excluding hydrogens is 300 g/mol. The largest absolute Gasteiger partial charge is 0.340 e. The highest BCUT2D eigenvalue weighted by atomic mass is 35.5. The molecule has 0 aliphatic rings. The quantitative estimate of drug-likeness (QED) is 0.568. The lowest BCUT2D eigenvalue weighted by Gasteiger charge is -2.07. The third-order valence-electron chi connectivity index (χ3n) is 3.34. The van der Waals surface area contributed by atoms with Gasteiger partial charge in [0.2, 0.25) is 5.28 Å². The highest BCUT2D eigenvalue weighted by Gasteiger charge is 2.05. The van der Waals surface area contributed by atoms with Crippen LogP contribution in [-0.2, 0) is 0 Å². The molecule has 6 nitrogen and oxygen atoms in total. The van der Waals surface area contributed by atoms with Crippen LogP contribution in [0.25, 0.3) is 16.8 Å². The highest BCUT2D eigenvalue weighted by molar-refractivity contribution is 6.28. The molecule has 108 valence electrons. The minimum Gasteiger partial charge on any atom is -0.340 e. The van der Waals surface area contributed by atoms with Crippen LogP contribution < -0.4 is 5.32 Å². The van der Waals surface area contributed by atoms with E-state index in [0.29, 0.717) is 11.1 Å². The predicted molar refractivity (Wildman–Crippen MR) is 85.3 cm³/mol. The molecule has 0 atom stereocenters. The number of aromatic nitrogens is 5. The summed E-state index contributed by atoms with van der Waals surface area (Å²) in [6, 6.07) is 9.84. The van der Waals surface area contributed by atoms with Gasteiger partial charge in [0.25, 0.3) is 0 Å². The van der Waals surface area contributed by atoms with Gasteiger partial charge in [-0.15, -0.1) is 0 Å². The van der Waals surface area contributed by atoms with Gasteiger partial charge in [-0.25, -0.2) is 9.97 Å². The van der Waals surface area contributed by atoms with Gasteiger partial charge in [-0.2, -0.15) is 5.10 Å². The molecule has 3 heterocycles. The fourth-order valence-corrected chi connectivity index (χ4v) is 2.49. The van der Waals surface area contributed by atoms with Crippen molar-refractivity contribution in [2.24, 2.45) is 0 Å². The molecular formula is C15H11ClN6. The Labute approximate surface area is 130 Å². The Morgan fingerprint density at radius 2 is 2.00 bits per heavy atom. The molecule has 0 saturated heterocycles. The van der Waals surface area contributed by atoms with E-state index in [1.807, 2.05) is 36.5 Å². The minimum atomic E-state index is 0.368. The summed E-state index contributed by atoms with van der Waals surface area (Å²) in [4.78, 5) is 8.52. The van der Waals surface area contributed by atoms with Crippen LogP contribution in [0.2, 0.25) is 5.28 Å². The number of nitrogens with zero attached hydrogens (tertiary/aromatic N) is 4. The first-order valence-corrected chi connectivity index (χ1v) is 7.03. The van der Waals surface area contributed by atoms with Crippen molar-refractivity contribution in [1.82, 2.24) is 24.6 Å². The predicted octanol–water partition coefficient (Wildman–Crippen LogP) is 3.52. The number of hydrogen-bond donors (Lipinski definition) is 2. The maximum absolute atomic E-state index is 6.12. The van der Waals surface area contributed by atoms with Crippen molar-refractivity contribution < 1.29 is 0 Å². The van der Waals surface area contributed by atoms with Crippen molar-refractivity contribution in [1.29, 1.82) is 0 Å². The van der Waals surface area contributed by atoms with Crippen molar-refractivity contribution in [3.05, 3.63) is 60.4 Å². The van der Waals surface area contributed by atoms with Crippen LogP contribution in [0.1, 0.15) is 0 Å². The van der Waals surface area contributed by atoms with Gasteiger partial charge in [0.05, 0.1) is 6.20 Å². The van der Waals surface area contributed by atoms with E-state index in [9.17, 15) is 0 Å². The summed E-state index contributed by atoms with van der Waals surface area (Å²) in [6.07, 6.45) is 7.10. The van der Waals surface area contributed by atoms with Crippen LogP contribution in [-0.4, -0.2) is 24.6 Å². The second kappa shape index (κ2) is 5.16. The van der Waals surface area contributed by atoms with E-state index in [2.05, 4.69) is 25.5 Å². The van der Waals surface area contributed by atoms with Gasteiger partial charge in [-0.05, 0) is 29.3 Å². The lowest BCUT2D eigenvalue weighted by Crippen LogP contribution is -1.97. The maximum Gasteiger partial charge on any atom is 0.210 e. The second-order valence-electron chi connectivity index (χ2n) is 4.76. The molecule has 22 heavy (non-hydrogen) atoms. The van der Waals surface area contributed by atoms with Crippen molar-refractivity contribution in [3.63, 3.8) is 0 Å². The Balaban J connectivity index is 1.62. The van der Waals surface area contributed by atoms with Gasteiger partial charge in [-0.1, -0.05) is 12.1 Å². The number of nitrogens with one attached hydrogen (secondary N) is 2. The molecule has 0 unspecified atom stereocenters. The molecule has 0 amide bonds. The Kier molecular flexibility index (Phi) is 3.01. The van der Waals surface area contributed by atoms with E-state index >= 15 is 0 Å². The van der Waals surface area contributed by atoms with Gasteiger partial charge in [-0.3, -0.25) is 9.50 Å². The normalized spacial score (nSPS) is 11.0. The van der Waals surface area contributed by atoms with Gasteiger partial charge in [0, 0.05) is 35.9 Å². The van der Waals surface area contributed by atoms with Crippen molar-refractivity contribution in [3.8, 4) is 11.1 Å². The zero-order chi connectivity index (χ0) is 14.9. The Bertz CT molecular complexity index is 911. The number of rotatable bonds is 3. The van der Waals surface area contributed by atoms with Crippen LogP contribution in [0.4, 0.5) is 11.5 Å². The van der Waals surface area contributed by atoms with Gasteiger partial charge in [0.15, 0.2) is 0 Å². The average molecular weight is 311 g/mol. The van der Waals surface area contributed by atoms with E-state index < -0.39 is 0 Å². The lowest BCUT2D eigenvalue weighted by molar-refractivity contribution is 1.09. The molecule has 0 aliphatic heterocycles. The molecule has 7 heteroatoms. The van der Waals surface area contributed by atoms with Crippen LogP contribution in [0, 0.1) is 0 Å². The molecule has 0 spiro atoms. The van der Waals surface area contributed by atoms with Crippen LogP contribution in [0.5, 0.6) is 0 Å². The van der Waals surface area contributed by atoms with Gasteiger partial charge < -0.3 is 5.32 Å². The number of aromatic amines is 1. The molecule has 3 aromatic heterocycles. The standard InChI is InChI=1S/C15H11ClN6/c16-15-21-13(7-14-17-5-6-22(14)15)20-12-3-1-10(2-4-12)11-8-18-19-9-11/h1-9,20H,(H,18,19). The summed E-state index contributed by atoms with van der Waals surface area (Å²) in [6.45, 7) is 0. The first-order chi connectivity index (χ1) is 10.8. The van der Waals surface area contributed by atoms with E-state index in [1.54, 1.807) is 23.0 Å². The zero-order valence-electron chi connectivity index (χ0n) is 11.4. The average Bonchev–Trinajstić information content (AvgIpc) is 3.19. The topological polar surface area (TPSA) is 70.9 Å². The Morgan fingerprint density at radius 1 is 1.14 bits per heavy atom. The fraction of sp³-hybridized carbons (Fsp3) is 0. The molecule has 4 aromatic rings. The molecule has 0 aliphatic carbocycles. The SMILES string of the molecule is Clc1nc(Nc2ccc(-c3cn[nH]c3)cc2)cc2nccn12. The number of imidazole rings is 1. The molecule has 0 bridgehead atoms. The van der Waals surface area contributed by atoms with E-state index in [4.69, 9.17) is 11.6 Å². The molecule has 0 saturated carbocycles. The number of halogens is 1. The van der Waals surface area contributed by atoms with Crippen LogP contribution in [0.15, 0.2) is 55.1 Å². The van der Waals surface area contributed by atoms with E-state index in [0.717, 1.165) is 22.5 Å². The van der Waals surface area contributed by atoms with Gasteiger partial charge in [0.1, 0.15) is 11.5 Å². The van der Waals surface area contributed by atoms with Gasteiger partial charge >= 0.3 is 0 Å². The summed E-state index contributed by atoms with van der Waals surface area (Å²) in [5.74, 6) is 0.653. The first-order valence-electron chi connectivity index (χ1n) is 6.65. The first kappa shape index (κ1) is 12.8. The van der Waals surface area contributed by atoms with Crippen LogP contribution >= 0.6 is 11.6 Å².